The molecule has 0 aromatic heterocycles. The van der Waals surface area contributed by atoms with Gasteiger partial charge in [0.15, 0.2) is 0 Å². The van der Waals surface area contributed by atoms with E-state index in [-0.39, 0.29) is 29.1 Å². The van der Waals surface area contributed by atoms with Gasteiger partial charge in [0.1, 0.15) is 5.75 Å². The minimum Gasteiger partial charge on any atom is -0.507 e. The van der Waals surface area contributed by atoms with E-state index in [2.05, 4.69) is 82.3 Å². The Morgan fingerprint density at radius 3 is 2.13 bits per heavy atom. The maximum atomic E-state index is 14.0. The van der Waals surface area contributed by atoms with Crippen molar-refractivity contribution < 1.29 is 28.8 Å². The van der Waals surface area contributed by atoms with Crippen LogP contribution in [0, 0.1) is 31.6 Å². The summed E-state index contributed by atoms with van der Waals surface area (Å²) in [6, 6.07) is 25.1. The Labute approximate surface area is 311 Å². The molecule has 52 heavy (non-hydrogen) atoms. The first-order chi connectivity index (χ1) is 24.8. The fourth-order valence-electron chi connectivity index (χ4n) is 9.15. The van der Waals surface area contributed by atoms with Crippen molar-refractivity contribution in [1.29, 1.82) is 0 Å². The SMILES string of the molecule is CCCN1C(=O)[C@@H]2[C@@H](CC(CO[Si](c3ccccc3)(c3ccccc3)C(C)(C)C)=C3[C@@H](CC/C(C)=C/c4cc(C)c(O)c(C)c4)OB(O)C[C@@H]32)C1=O. The number of rotatable bonds is 11. The Morgan fingerprint density at radius 2 is 1.58 bits per heavy atom. The zero-order chi connectivity index (χ0) is 37.4. The molecule has 3 aromatic rings. The van der Waals surface area contributed by atoms with Crippen LogP contribution >= 0.6 is 0 Å². The smallest absolute Gasteiger partial charge is 0.455 e. The number of hydrogen-bond donors (Lipinski definition) is 2. The second-order valence-corrected chi connectivity index (χ2v) is 20.4. The average Bonchev–Trinajstić information content (AvgIpc) is 3.34. The Hall–Kier alpha value is -3.76. The molecule has 2 N–H and O–H groups in total. The monoisotopic (exact) mass is 719 g/mol. The molecule has 7 nitrogen and oxygen atoms in total. The third kappa shape index (κ3) is 7.13. The first-order valence-corrected chi connectivity index (χ1v) is 20.8. The van der Waals surface area contributed by atoms with E-state index in [1.807, 2.05) is 45.0 Å². The van der Waals surface area contributed by atoms with Crippen LogP contribution in [-0.4, -0.2) is 61.5 Å². The summed E-state index contributed by atoms with van der Waals surface area (Å²) in [4.78, 5) is 29.4. The van der Waals surface area contributed by atoms with Gasteiger partial charge in [-0.1, -0.05) is 100 Å². The lowest BCUT2D eigenvalue weighted by atomic mass is 9.58. The van der Waals surface area contributed by atoms with Crippen LogP contribution in [0.4, 0.5) is 0 Å². The summed E-state index contributed by atoms with van der Waals surface area (Å²) in [7, 11) is -3.96. The summed E-state index contributed by atoms with van der Waals surface area (Å²) in [5.41, 5.74) is 5.90. The van der Waals surface area contributed by atoms with Crippen LogP contribution in [0.25, 0.3) is 6.08 Å². The maximum absolute atomic E-state index is 14.0. The van der Waals surface area contributed by atoms with E-state index in [1.54, 1.807) is 0 Å². The molecule has 1 aliphatic carbocycles. The van der Waals surface area contributed by atoms with Gasteiger partial charge in [0.2, 0.25) is 11.8 Å². The highest BCUT2D eigenvalue weighted by Crippen LogP contribution is 2.51. The van der Waals surface area contributed by atoms with E-state index in [9.17, 15) is 19.7 Å². The van der Waals surface area contributed by atoms with Gasteiger partial charge in [-0.15, -0.1) is 0 Å². The van der Waals surface area contributed by atoms with Crippen LogP contribution < -0.4 is 10.4 Å². The first kappa shape index (κ1) is 38.0. The minimum absolute atomic E-state index is 0.102. The van der Waals surface area contributed by atoms with Crippen LogP contribution in [0.15, 0.2) is 89.5 Å². The zero-order valence-corrected chi connectivity index (χ0v) is 32.8. The third-order valence-electron chi connectivity index (χ3n) is 11.5. The molecule has 0 radical (unpaired) electrons. The lowest BCUT2D eigenvalue weighted by Gasteiger charge is -2.46. The summed E-state index contributed by atoms with van der Waals surface area (Å²) in [5.74, 6) is -1.19. The van der Waals surface area contributed by atoms with E-state index < -0.39 is 33.4 Å². The Bertz CT molecular complexity index is 1790. The molecule has 274 valence electrons. The van der Waals surface area contributed by atoms with Crippen molar-refractivity contribution in [3.63, 3.8) is 0 Å². The summed E-state index contributed by atoms with van der Waals surface area (Å²) >= 11 is 0. The number of likely N-dealkylation sites (tertiary alicyclic amines) is 1. The molecule has 2 fully saturated rings. The predicted molar refractivity (Wildman–Crippen MR) is 211 cm³/mol. The summed E-state index contributed by atoms with van der Waals surface area (Å²) in [5, 5.41) is 23.6. The molecule has 0 spiro atoms. The van der Waals surface area contributed by atoms with Crippen molar-refractivity contribution in [1.82, 2.24) is 4.90 Å². The van der Waals surface area contributed by atoms with Crippen molar-refractivity contribution in [3.05, 3.63) is 106 Å². The van der Waals surface area contributed by atoms with Crippen LogP contribution in [0.5, 0.6) is 5.75 Å². The molecule has 0 saturated carbocycles. The number of benzene rings is 3. The lowest BCUT2D eigenvalue weighted by molar-refractivity contribution is -0.140. The van der Waals surface area contributed by atoms with Gasteiger partial charge in [-0.05, 0) is 114 Å². The number of allylic oxidation sites excluding steroid dienone is 1. The van der Waals surface area contributed by atoms with Crippen molar-refractivity contribution in [2.45, 2.75) is 91.6 Å². The number of phenolic OH excluding ortho intramolecular Hbond substituents is 1. The summed E-state index contributed by atoms with van der Waals surface area (Å²) in [6.45, 7) is 15.4. The van der Waals surface area contributed by atoms with Gasteiger partial charge in [0.05, 0.1) is 24.5 Å². The van der Waals surface area contributed by atoms with E-state index in [0.29, 0.717) is 44.6 Å². The number of hydrogen-bond acceptors (Lipinski definition) is 6. The molecule has 4 atom stereocenters. The second-order valence-electron chi connectivity index (χ2n) is 16.1. The van der Waals surface area contributed by atoms with Crippen molar-refractivity contribution in [2.75, 3.05) is 13.2 Å². The number of aryl methyl sites for hydroxylation is 2. The molecule has 0 unspecified atom stereocenters. The molecule has 2 heterocycles. The Kier molecular flexibility index (Phi) is 11.2. The normalized spacial score (nSPS) is 22.6. The van der Waals surface area contributed by atoms with Crippen LogP contribution in [-0.2, 0) is 18.7 Å². The summed E-state index contributed by atoms with van der Waals surface area (Å²) in [6.07, 6.45) is 4.44. The van der Waals surface area contributed by atoms with Crippen molar-refractivity contribution >= 4 is 43.7 Å². The van der Waals surface area contributed by atoms with Gasteiger partial charge in [0.25, 0.3) is 8.32 Å². The predicted octanol–water partition coefficient (Wildman–Crippen LogP) is 6.98. The number of amides is 2. The van der Waals surface area contributed by atoms with E-state index in [1.165, 1.54) is 15.3 Å². The molecule has 6 rings (SSSR count). The zero-order valence-electron chi connectivity index (χ0n) is 31.8. The largest absolute Gasteiger partial charge is 0.507 e. The third-order valence-corrected chi connectivity index (χ3v) is 16.4. The molecule has 2 saturated heterocycles. The lowest BCUT2D eigenvalue weighted by Crippen LogP contribution is -2.66. The molecule has 9 heteroatoms. The number of aromatic hydroxyl groups is 1. The Morgan fingerprint density at radius 1 is 0.981 bits per heavy atom. The van der Waals surface area contributed by atoms with Gasteiger partial charge in [-0.25, -0.2) is 0 Å². The van der Waals surface area contributed by atoms with Gasteiger partial charge >= 0.3 is 7.12 Å². The molecule has 3 aliphatic rings. The second kappa shape index (κ2) is 15.3. The molecule has 2 amide bonds. The Balaban J connectivity index is 1.41. The van der Waals surface area contributed by atoms with Gasteiger partial charge in [-0.2, -0.15) is 0 Å². The topological polar surface area (TPSA) is 96.3 Å². The molecular weight excluding hydrogens is 665 g/mol. The van der Waals surface area contributed by atoms with Crippen LogP contribution in [0.2, 0.25) is 11.4 Å². The van der Waals surface area contributed by atoms with E-state index in [4.69, 9.17) is 9.08 Å². The fourth-order valence-corrected chi connectivity index (χ4v) is 13.7. The van der Waals surface area contributed by atoms with Gasteiger partial charge in [0, 0.05) is 6.54 Å². The molecule has 3 aromatic carbocycles. The average molecular weight is 720 g/mol. The summed E-state index contributed by atoms with van der Waals surface area (Å²) < 4.78 is 13.9. The number of carbonyl (C=O) groups is 2. The van der Waals surface area contributed by atoms with Crippen molar-refractivity contribution in [2.24, 2.45) is 17.8 Å². The number of carbonyl (C=O) groups excluding carboxylic acids is 2. The number of nitrogens with zero attached hydrogens (tertiary/aromatic N) is 1. The first-order valence-electron chi connectivity index (χ1n) is 18.9. The van der Waals surface area contributed by atoms with E-state index in [0.717, 1.165) is 33.4 Å². The highest BCUT2D eigenvalue weighted by atomic mass is 28.4. The fraction of sp³-hybridized carbons (Fsp3) is 0.442. The number of phenols is 1. The minimum atomic E-state index is -2.92. The maximum Gasteiger partial charge on any atom is 0.455 e. The number of imide groups is 1. The highest BCUT2D eigenvalue weighted by molar-refractivity contribution is 6.99. The van der Waals surface area contributed by atoms with Crippen molar-refractivity contribution in [3.8, 4) is 5.75 Å². The van der Waals surface area contributed by atoms with Crippen LogP contribution in [0.3, 0.4) is 0 Å². The standard InChI is InChI=1S/C43H54BNO6Si/c1-8-21-45-41(47)35-25-32(27-50-52(43(5,6)7,33-15-11-9-12-16-33)34-17-13-10-14-18-34)38-36(39(35)42(45)48)26-44(49)51-37(38)20-19-28(2)22-31-23-29(3)40(46)30(4)24-31/h9-18,22-24,35-37,39,46,49H,8,19-21,25-27H2,1-7H3/b28-22+/t35-,36+,37-,39-/m1/s1. The van der Waals surface area contributed by atoms with E-state index >= 15 is 0 Å². The molecular formula is C43H54BNO6Si. The van der Waals surface area contributed by atoms with Crippen LogP contribution in [0.1, 0.15) is 77.0 Å². The molecule has 2 aliphatic heterocycles. The quantitative estimate of drug-likeness (QED) is 0.126. The van der Waals surface area contributed by atoms with Gasteiger partial charge in [-0.3, -0.25) is 14.5 Å². The van der Waals surface area contributed by atoms with Gasteiger partial charge < -0.3 is 19.2 Å². The number of fused-ring (bicyclic) bond motifs is 3. The molecule has 0 bridgehead atoms. The highest BCUT2D eigenvalue weighted by Gasteiger charge is 2.58.